The number of hydrogen-bond acceptors (Lipinski definition) is 5. The smallest absolute Gasteiger partial charge is 0.234 e. The van der Waals surface area contributed by atoms with Gasteiger partial charge in [-0.15, -0.1) is 5.10 Å². The number of rotatable bonds is 5. The molecule has 108 valence electrons. The van der Waals surface area contributed by atoms with E-state index in [9.17, 15) is 4.79 Å². The molecule has 9 heteroatoms. The minimum Gasteiger partial charge on any atom is -0.349 e. The first-order valence-corrected chi connectivity index (χ1v) is 6.42. The Morgan fingerprint density at radius 1 is 1.55 bits per heavy atom. The summed E-state index contributed by atoms with van der Waals surface area (Å²) in [5, 5.41) is 15.5. The lowest BCUT2D eigenvalue weighted by atomic mass is 10.3. The van der Waals surface area contributed by atoms with Gasteiger partial charge in [0.1, 0.15) is 5.69 Å². The predicted molar refractivity (Wildman–Crippen MR) is 73.0 cm³/mol. The van der Waals surface area contributed by atoms with Crippen LogP contribution in [0, 0.1) is 6.92 Å². The highest BCUT2D eigenvalue weighted by molar-refractivity contribution is 6.31. The van der Waals surface area contributed by atoms with Crippen LogP contribution < -0.4 is 11.1 Å². The van der Waals surface area contributed by atoms with Gasteiger partial charge in [-0.05, 0) is 6.92 Å². The second kappa shape index (κ2) is 6.02. The lowest BCUT2D eigenvalue weighted by molar-refractivity contribution is -0.119. The van der Waals surface area contributed by atoms with Gasteiger partial charge < -0.3 is 11.1 Å². The molecule has 0 fully saturated rings. The molecule has 0 bridgehead atoms. The van der Waals surface area contributed by atoms with Crippen LogP contribution in [0.25, 0.3) is 0 Å². The number of carbonyl (C=O) groups is 1. The molecule has 0 aliphatic rings. The van der Waals surface area contributed by atoms with Crippen LogP contribution in [-0.4, -0.2) is 37.2 Å². The third-order valence-corrected chi connectivity index (χ3v) is 3.30. The molecule has 2 heterocycles. The Bertz CT molecular complexity index is 618. The van der Waals surface area contributed by atoms with Crippen molar-refractivity contribution in [2.45, 2.75) is 20.0 Å². The lowest BCUT2D eigenvalue weighted by Gasteiger charge is -2.02. The first kappa shape index (κ1) is 14.5. The third kappa shape index (κ3) is 3.14. The van der Waals surface area contributed by atoms with E-state index in [1.165, 1.54) is 0 Å². The van der Waals surface area contributed by atoms with E-state index < -0.39 is 0 Å². The Labute approximate surface area is 120 Å². The summed E-state index contributed by atoms with van der Waals surface area (Å²) < 4.78 is 3.36. The summed E-state index contributed by atoms with van der Waals surface area (Å²) in [5.41, 5.74) is 7.49. The van der Waals surface area contributed by atoms with Crippen LogP contribution >= 0.6 is 11.6 Å². The van der Waals surface area contributed by atoms with Gasteiger partial charge >= 0.3 is 0 Å². The maximum absolute atomic E-state index is 11.1. The predicted octanol–water partition coefficient (Wildman–Crippen LogP) is -0.403. The van der Waals surface area contributed by atoms with Crippen LogP contribution in [0.2, 0.25) is 5.02 Å². The third-order valence-electron chi connectivity index (χ3n) is 2.81. The van der Waals surface area contributed by atoms with Crippen LogP contribution in [0.1, 0.15) is 17.1 Å². The van der Waals surface area contributed by atoms with Gasteiger partial charge in [0, 0.05) is 7.05 Å². The average molecular weight is 298 g/mol. The summed E-state index contributed by atoms with van der Waals surface area (Å²) in [6.45, 7) is 2.57. The fourth-order valence-corrected chi connectivity index (χ4v) is 1.98. The lowest BCUT2D eigenvalue weighted by Crippen LogP contribution is -2.29. The van der Waals surface area contributed by atoms with Gasteiger partial charge in [0.05, 0.1) is 42.2 Å². The molecule has 2 aromatic heterocycles. The van der Waals surface area contributed by atoms with Gasteiger partial charge in [-0.25, -0.2) is 4.68 Å². The molecule has 0 unspecified atom stereocenters. The largest absolute Gasteiger partial charge is 0.349 e. The van der Waals surface area contributed by atoms with E-state index >= 15 is 0 Å². The first-order valence-electron chi connectivity index (χ1n) is 6.05. The molecule has 20 heavy (non-hydrogen) atoms. The van der Waals surface area contributed by atoms with Crippen molar-refractivity contribution >= 4 is 17.5 Å². The van der Waals surface area contributed by atoms with Crippen molar-refractivity contribution in [1.29, 1.82) is 0 Å². The highest BCUT2D eigenvalue weighted by Gasteiger charge is 2.12. The quantitative estimate of drug-likeness (QED) is 0.781. The van der Waals surface area contributed by atoms with Gasteiger partial charge in [0.2, 0.25) is 5.91 Å². The van der Waals surface area contributed by atoms with Gasteiger partial charge in [0.15, 0.2) is 0 Å². The van der Waals surface area contributed by atoms with Crippen molar-refractivity contribution in [2.75, 3.05) is 6.54 Å². The van der Waals surface area contributed by atoms with Crippen LogP contribution in [0.4, 0.5) is 0 Å². The first-order chi connectivity index (χ1) is 9.51. The number of aromatic nitrogens is 5. The molecule has 0 atom stereocenters. The molecule has 0 radical (unpaired) electrons. The Balaban J connectivity index is 2.04. The Morgan fingerprint density at radius 3 is 2.90 bits per heavy atom. The molecule has 1 amide bonds. The van der Waals surface area contributed by atoms with Crippen LogP contribution in [0.3, 0.4) is 0 Å². The molecule has 2 aromatic rings. The van der Waals surface area contributed by atoms with Crippen molar-refractivity contribution in [1.82, 2.24) is 30.1 Å². The van der Waals surface area contributed by atoms with Crippen LogP contribution in [0.15, 0.2) is 6.20 Å². The Kier molecular flexibility index (Phi) is 4.35. The monoisotopic (exact) mass is 297 g/mol. The molecular formula is C11H16ClN7O. The van der Waals surface area contributed by atoms with Crippen molar-refractivity contribution in [3.8, 4) is 0 Å². The molecule has 0 aromatic carbocycles. The fourth-order valence-electron chi connectivity index (χ4n) is 1.76. The molecule has 0 spiro atoms. The molecule has 0 aliphatic carbocycles. The number of hydrogen-bond donors (Lipinski definition) is 2. The van der Waals surface area contributed by atoms with E-state index in [0.717, 1.165) is 11.4 Å². The van der Waals surface area contributed by atoms with Gasteiger partial charge in [-0.2, -0.15) is 5.10 Å². The van der Waals surface area contributed by atoms with E-state index in [-0.39, 0.29) is 12.5 Å². The zero-order valence-electron chi connectivity index (χ0n) is 11.3. The highest BCUT2D eigenvalue weighted by Crippen LogP contribution is 2.19. The van der Waals surface area contributed by atoms with Crippen LogP contribution in [-0.2, 0) is 24.9 Å². The van der Waals surface area contributed by atoms with E-state index in [2.05, 4.69) is 20.7 Å². The molecule has 0 saturated heterocycles. The van der Waals surface area contributed by atoms with E-state index in [1.54, 1.807) is 15.6 Å². The Morgan fingerprint density at radius 2 is 2.30 bits per heavy atom. The maximum Gasteiger partial charge on any atom is 0.234 e. The second-order valence-corrected chi connectivity index (χ2v) is 4.74. The van der Waals surface area contributed by atoms with Gasteiger partial charge in [-0.3, -0.25) is 9.48 Å². The SMILES string of the molecule is Cc1nn(C)c(Cn2cc(CNC(=O)CN)nn2)c1Cl. The summed E-state index contributed by atoms with van der Waals surface area (Å²) in [7, 11) is 1.83. The molecule has 0 aliphatic heterocycles. The molecule has 2 rings (SSSR count). The fraction of sp³-hybridized carbons (Fsp3) is 0.455. The number of nitrogens with one attached hydrogen (secondary N) is 1. The average Bonchev–Trinajstić information content (AvgIpc) is 2.97. The summed E-state index contributed by atoms with van der Waals surface area (Å²) in [6.07, 6.45) is 1.75. The van der Waals surface area contributed by atoms with E-state index in [4.69, 9.17) is 17.3 Å². The van der Waals surface area contributed by atoms with Crippen molar-refractivity contribution < 1.29 is 4.79 Å². The van der Waals surface area contributed by atoms with Crippen molar-refractivity contribution in [3.63, 3.8) is 0 Å². The number of carbonyl (C=O) groups excluding carboxylic acids is 1. The van der Waals surface area contributed by atoms with Gasteiger partial charge in [-0.1, -0.05) is 16.8 Å². The van der Waals surface area contributed by atoms with Crippen molar-refractivity contribution in [3.05, 3.63) is 28.3 Å². The minimum absolute atomic E-state index is 0.0436. The summed E-state index contributed by atoms with van der Waals surface area (Å²) in [6, 6.07) is 0. The molecule has 3 N–H and O–H groups in total. The summed E-state index contributed by atoms with van der Waals surface area (Å²) >= 11 is 6.18. The number of halogens is 1. The number of nitrogens with zero attached hydrogens (tertiary/aromatic N) is 5. The minimum atomic E-state index is -0.232. The standard InChI is InChI=1S/C11H16ClN7O/c1-7-11(12)9(18(2)16-7)6-19-5-8(15-17-19)4-14-10(20)3-13/h5H,3-4,6,13H2,1-2H3,(H,14,20). The normalized spacial score (nSPS) is 10.8. The Hall–Kier alpha value is -1.93. The zero-order valence-corrected chi connectivity index (χ0v) is 12.1. The van der Waals surface area contributed by atoms with Gasteiger partial charge in [0.25, 0.3) is 0 Å². The van der Waals surface area contributed by atoms with E-state index in [1.807, 2.05) is 14.0 Å². The van der Waals surface area contributed by atoms with Crippen molar-refractivity contribution in [2.24, 2.45) is 12.8 Å². The summed E-state index contributed by atoms with van der Waals surface area (Å²) in [5.74, 6) is -0.232. The topological polar surface area (TPSA) is 104 Å². The number of aryl methyl sites for hydroxylation is 2. The number of amides is 1. The second-order valence-electron chi connectivity index (χ2n) is 4.36. The zero-order chi connectivity index (χ0) is 14.7. The molecule has 8 nitrogen and oxygen atoms in total. The highest BCUT2D eigenvalue weighted by atomic mass is 35.5. The maximum atomic E-state index is 11.1. The molecule has 0 saturated carbocycles. The van der Waals surface area contributed by atoms with Crippen LogP contribution in [0.5, 0.6) is 0 Å². The summed E-state index contributed by atoms with van der Waals surface area (Å²) in [4.78, 5) is 11.1. The molecular weight excluding hydrogens is 282 g/mol. The number of nitrogens with two attached hydrogens (primary N) is 1. The van der Waals surface area contributed by atoms with E-state index in [0.29, 0.717) is 23.8 Å².